The maximum absolute atomic E-state index is 5.62. The van der Waals surface area contributed by atoms with Crippen molar-refractivity contribution in [3.63, 3.8) is 0 Å². The van der Waals surface area contributed by atoms with Gasteiger partial charge in [-0.05, 0) is 24.1 Å². The Kier molecular flexibility index (Phi) is 4.86. The van der Waals surface area contributed by atoms with E-state index in [4.69, 9.17) is 15.3 Å². The van der Waals surface area contributed by atoms with E-state index in [-0.39, 0.29) is 6.04 Å². The van der Waals surface area contributed by atoms with Crippen molar-refractivity contribution in [3.8, 4) is 11.6 Å². The average molecular weight is 274 g/mol. The van der Waals surface area contributed by atoms with Crippen molar-refractivity contribution >= 4 is 0 Å². The summed E-state index contributed by atoms with van der Waals surface area (Å²) in [5, 5.41) is 8.07. The number of rotatable bonds is 6. The van der Waals surface area contributed by atoms with Crippen LogP contribution >= 0.6 is 0 Å². The van der Waals surface area contributed by atoms with E-state index in [2.05, 4.69) is 15.6 Å². The SMILES string of the molecule is COc1ccc(C(Cc2ccccc2OC)NN)nn1. The van der Waals surface area contributed by atoms with E-state index >= 15 is 0 Å². The number of nitrogens with two attached hydrogens (primary N) is 1. The quantitative estimate of drug-likeness (QED) is 0.609. The normalized spacial score (nSPS) is 11.9. The molecule has 6 nitrogen and oxygen atoms in total. The number of para-hydroxylation sites is 1. The Morgan fingerprint density at radius 2 is 1.90 bits per heavy atom. The lowest BCUT2D eigenvalue weighted by Gasteiger charge is -2.16. The van der Waals surface area contributed by atoms with Crippen LogP contribution in [-0.2, 0) is 6.42 Å². The molecular weight excluding hydrogens is 256 g/mol. The first kappa shape index (κ1) is 14.2. The first-order valence-electron chi connectivity index (χ1n) is 6.24. The van der Waals surface area contributed by atoms with Gasteiger partial charge in [-0.2, -0.15) is 5.10 Å². The Morgan fingerprint density at radius 1 is 1.10 bits per heavy atom. The summed E-state index contributed by atoms with van der Waals surface area (Å²) in [5.41, 5.74) is 4.56. The van der Waals surface area contributed by atoms with Crippen LogP contribution in [0.4, 0.5) is 0 Å². The van der Waals surface area contributed by atoms with Gasteiger partial charge < -0.3 is 9.47 Å². The summed E-state index contributed by atoms with van der Waals surface area (Å²) < 4.78 is 10.3. The molecule has 6 heteroatoms. The van der Waals surface area contributed by atoms with Gasteiger partial charge in [-0.3, -0.25) is 11.3 Å². The monoisotopic (exact) mass is 274 g/mol. The van der Waals surface area contributed by atoms with Crippen molar-refractivity contribution < 1.29 is 9.47 Å². The molecule has 1 unspecified atom stereocenters. The molecule has 3 N–H and O–H groups in total. The van der Waals surface area contributed by atoms with E-state index in [1.807, 2.05) is 30.3 Å². The standard InChI is InChI=1S/C14H18N4O2/c1-19-13-6-4-3-5-10(13)9-12(16-15)11-7-8-14(20-2)18-17-11/h3-8,12,16H,9,15H2,1-2H3. The minimum atomic E-state index is -0.148. The van der Waals surface area contributed by atoms with Gasteiger partial charge in [-0.15, -0.1) is 5.10 Å². The molecule has 106 valence electrons. The van der Waals surface area contributed by atoms with Crippen molar-refractivity contribution in [2.45, 2.75) is 12.5 Å². The highest BCUT2D eigenvalue weighted by molar-refractivity contribution is 5.34. The van der Waals surface area contributed by atoms with Gasteiger partial charge in [-0.25, -0.2) is 0 Å². The summed E-state index contributed by atoms with van der Waals surface area (Å²) in [6.07, 6.45) is 0.654. The molecule has 0 saturated carbocycles. The molecule has 0 radical (unpaired) electrons. The third-order valence-corrected chi connectivity index (χ3v) is 3.04. The number of nitrogens with zero attached hydrogens (tertiary/aromatic N) is 2. The molecule has 0 aliphatic heterocycles. The van der Waals surface area contributed by atoms with E-state index in [1.54, 1.807) is 20.3 Å². The Labute approximate surface area is 117 Å². The number of aromatic nitrogens is 2. The van der Waals surface area contributed by atoms with Gasteiger partial charge in [0.2, 0.25) is 5.88 Å². The number of methoxy groups -OCH3 is 2. The molecule has 2 rings (SSSR count). The van der Waals surface area contributed by atoms with E-state index in [1.165, 1.54) is 0 Å². The molecule has 1 aromatic heterocycles. The molecule has 0 spiro atoms. The van der Waals surface area contributed by atoms with E-state index in [9.17, 15) is 0 Å². The number of ether oxygens (including phenoxy) is 2. The highest BCUT2D eigenvalue weighted by Crippen LogP contribution is 2.23. The predicted molar refractivity (Wildman–Crippen MR) is 75.3 cm³/mol. The van der Waals surface area contributed by atoms with Crippen LogP contribution in [0.3, 0.4) is 0 Å². The number of benzene rings is 1. The van der Waals surface area contributed by atoms with Gasteiger partial charge in [0.25, 0.3) is 0 Å². The molecule has 0 fully saturated rings. The molecule has 1 aromatic carbocycles. The highest BCUT2D eigenvalue weighted by atomic mass is 16.5. The zero-order chi connectivity index (χ0) is 14.4. The molecule has 0 aliphatic carbocycles. The molecule has 0 amide bonds. The molecule has 1 atom stereocenters. The minimum Gasteiger partial charge on any atom is -0.496 e. The first-order valence-corrected chi connectivity index (χ1v) is 6.24. The number of hydrazine groups is 1. The fourth-order valence-electron chi connectivity index (χ4n) is 1.97. The Bertz CT molecular complexity index is 545. The first-order chi connectivity index (χ1) is 9.78. The molecule has 2 aromatic rings. The fraction of sp³-hybridized carbons (Fsp3) is 0.286. The van der Waals surface area contributed by atoms with Crippen LogP contribution in [0.15, 0.2) is 36.4 Å². The molecule has 1 heterocycles. The molecular formula is C14H18N4O2. The third kappa shape index (κ3) is 3.23. The molecule has 0 bridgehead atoms. The lowest BCUT2D eigenvalue weighted by atomic mass is 10.0. The molecule has 0 aliphatic rings. The minimum absolute atomic E-state index is 0.148. The van der Waals surface area contributed by atoms with E-state index in [0.29, 0.717) is 12.3 Å². The summed E-state index contributed by atoms with van der Waals surface area (Å²) in [6, 6.07) is 11.3. The maximum atomic E-state index is 5.62. The molecule has 0 saturated heterocycles. The fourth-order valence-corrected chi connectivity index (χ4v) is 1.97. The van der Waals surface area contributed by atoms with Crippen LogP contribution in [0.5, 0.6) is 11.6 Å². The summed E-state index contributed by atoms with van der Waals surface area (Å²) in [4.78, 5) is 0. The Balaban J connectivity index is 2.19. The van der Waals surface area contributed by atoms with Crippen molar-refractivity contribution in [1.82, 2.24) is 15.6 Å². The lowest BCUT2D eigenvalue weighted by molar-refractivity contribution is 0.388. The Hall–Kier alpha value is -2.18. The van der Waals surface area contributed by atoms with Gasteiger partial charge in [0.15, 0.2) is 0 Å². The van der Waals surface area contributed by atoms with Crippen LogP contribution in [-0.4, -0.2) is 24.4 Å². The van der Waals surface area contributed by atoms with Crippen molar-refractivity contribution in [1.29, 1.82) is 0 Å². The second-order valence-electron chi connectivity index (χ2n) is 4.24. The highest BCUT2D eigenvalue weighted by Gasteiger charge is 2.15. The number of hydrogen-bond donors (Lipinski definition) is 2. The van der Waals surface area contributed by atoms with Gasteiger partial charge >= 0.3 is 0 Å². The van der Waals surface area contributed by atoms with Crippen LogP contribution in [0.25, 0.3) is 0 Å². The van der Waals surface area contributed by atoms with Crippen LogP contribution < -0.4 is 20.7 Å². The second-order valence-corrected chi connectivity index (χ2v) is 4.24. The van der Waals surface area contributed by atoms with Crippen molar-refractivity contribution in [2.24, 2.45) is 5.84 Å². The van der Waals surface area contributed by atoms with Crippen molar-refractivity contribution in [2.75, 3.05) is 14.2 Å². The average Bonchev–Trinajstić information content (AvgIpc) is 2.53. The lowest BCUT2D eigenvalue weighted by Crippen LogP contribution is -2.30. The smallest absolute Gasteiger partial charge is 0.233 e. The summed E-state index contributed by atoms with van der Waals surface area (Å²) in [5.74, 6) is 6.93. The van der Waals surface area contributed by atoms with Gasteiger partial charge in [0.05, 0.1) is 26.0 Å². The van der Waals surface area contributed by atoms with Crippen LogP contribution in [0.2, 0.25) is 0 Å². The topological polar surface area (TPSA) is 82.3 Å². The zero-order valence-corrected chi connectivity index (χ0v) is 11.5. The van der Waals surface area contributed by atoms with Crippen LogP contribution in [0.1, 0.15) is 17.3 Å². The summed E-state index contributed by atoms with van der Waals surface area (Å²) in [6.45, 7) is 0. The van der Waals surface area contributed by atoms with Crippen LogP contribution in [0, 0.1) is 0 Å². The zero-order valence-electron chi connectivity index (χ0n) is 11.5. The largest absolute Gasteiger partial charge is 0.496 e. The maximum Gasteiger partial charge on any atom is 0.233 e. The van der Waals surface area contributed by atoms with Gasteiger partial charge in [0, 0.05) is 6.07 Å². The number of nitrogens with one attached hydrogen (secondary N) is 1. The number of hydrogen-bond acceptors (Lipinski definition) is 6. The third-order valence-electron chi connectivity index (χ3n) is 3.04. The second kappa shape index (κ2) is 6.83. The summed E-state index contributed by atoms with van der Waals surface area (Å²) in [7, 11) is 3.20. The Morgan fingerprint density at radius 3 is 2.50 bits per heavy atom. The van der Waals surface area contributed by atoms with Gasteiger partial charge in [0.1, 0.15) is 5.75 Å². The summed E-state index contributed by atoms with van der Waals surface area (Å²) >= 11 is 0. The van der Waals surface area contributed by atoms with E-state index < -0.39 is 0 Å². The predicted octanol–water partition coefficient (Wildman–Crippen LogP) is 1.24. The molecule has 20 heavy (non-hydrogen) atoms. The van der Waals surface area contributed by atoms with Crippen molar-refractivity contribution in [3.05, 3.63) is 47.7 Å². The van der Waals surface area contributed by atoms with E-state index in [0.717, 1.165) is 17.0 Å². The van der Waals surface area contributed by atoms with Gasteiger partial charge in [-0.1, -0.05) is 18.2 Å².